The van der Waals surface area contributed by atoms with Crippen LogP contribution in [0.25, 0.3) is 0 Å². The van der Waals surface area contributed by atoms with Crippen molar-refractivity contribution in [2.75, 3.05) is 0 Å². The van der Waals surface area contributed by atoms with Crippen molar-refractivity contribution in [1.29, 1.82) is 0 Å². The third kappa shape index (κ3) is 2.82. The molecule has 0 saturated carbocycles. The molecule has 2 rings (SSSR count). The fourth-order valence-corrected chi connectivity index (χ4v) is 1.66. The Morgan fingerprint density at radius 3 is 2.35 bits per heavy atom. The van der Waals surface area contributed by atoms with Gasteiger partial charge in [0, 0.05) is 0 Å². The smallest absolute Gasteiger partial charge is 0.201 e. The summed E-state index contributed by atoms with van der Waals surface area (Å²) in [4.78, 5) is 0. The molecule has 0 spiro atoms. The Hall–Kier alpha value is -1.42. The van der Waals surface area contributed by atoms with Gasteiger partial charge in [-0.05, 0) is 33.6 Å². The first-order valence-electron chi connectivity index (χ1n) is 4.98. The van der Waals surface area contributed by atoms with Gasteiger partial charge in [0.05, 0.1) is 4.47 Å². The predicted octanol–water partition coefficient (Wildman–Crippen LogP) is 4.31. The Kier molecular flexibility index (Phi) is 3.74. The summed E-state index contributed by atoms with van der Waals surface area (Å²) >= 11 is 2.91. The van der Waals surface area contributed by atoms with Gasteiger partial charge in [-0.1, -0.05) is 30.3 Å². The van der Waals surface area contributed by atoms with Crippen LogP contribution >= 0.6 is 15.9 Å². The first-order valence-corrected chi connectivity index (χ1v) is 5.78. The molecule has 2 aromatic rings. The fourth-order valence-electron chi connectivity index (χ4n) is 1.35. The molecule has 17 heavy (non-hydrogen) atoms. The third-order valence-corrected chi connectivity index (χ3v) is 2.85. The monoisotopic (exact) mass is 298 g/mol. The highest BCUT2D eigenvalue weighted by atomic mass is 79.9. The molecule has 0 aliphatic heterocycles. The van der Waals surface area contributed by atoms with Crippen molar-refractivity contribution in [3.63, 3.8) is 0 Å². The van der Waals surface area contributed by atoms with Gasteiger partial charge < -0.3 is 4.74 Å². The van der Waals surface area contributed by atoms with Crippen LogP contribution in [0.2, 0.25) is 0 Å². The third-order valence-electron chi connectivity index (χ3n) is 2.24. The second-order valence-electron chi connectivity index (χ2n) is 3.45. The molecule has 0 atom stereocenters. The van der Waals surface area contributed by atoms with Crippen LogP contribution in [0.4, 0.5) is 8.78 Å². The normalized spacial score (nSPS) is 10.3. The molecule has 0 N–H and O–H groups in total. The first kappa shape index (κ1) is 12.0. The lowest BCUT2D eigenvalue weighted by Crippen LogP contribution is -1.99. The zero-order chi connectivity index (χ0) is 12.3. The Morgan fingerprint density at radius 2 is 1.65 bits per heavy atom. The van der Waals surface area contributed by atoms with Gasteiger partial charge >= 0.3 is 0 Å². The highest BCUT2D eigenvalue weighted by molar-refractivity contribution is 9.10. The van der Waals surface area contributed by atoms with Crippen LogP contribution < -0.4 is 4.74 Å². The van der Waals surface area contributed by atoms with E-state index in [1.54, 1.807) is 0 Å². The molecule has 1 nitrogen and oxygen atoms in total. The van der Waals surface area contributed by atoms with Crippen LogP contribution in [-0.4, -0.2) is 0 Å². The van der Waals surface area contributed by atoms with Gasteiger partial charge in [-0.2, -0.15) is 4.39 Å². The quantitative estimate of drug-likeness (QED) is 0.768. The summed E-state index contributed by atoms with van der Waals surface area (Å²) in [6.07, 6.45) is 0. The topological polar surface area (TPSA) is 9.23 Å². The highest BCUT2D eigenvalue weighted by Crippen LogP contribution is 2.26. The second kappa shape index (κ2) is 5.27. The van der Waals surface area contributed by atoms with Gasteiger partial charge in [-0.3, -0.25) is 0 Å². The van der Waals surface area contributed by atoms with Crippen molar-refractivity contribution >= 4 is 15.9 Å². The summed E-state index contributed by atoms with van der Waals surface area (Å²) in [7, 11) is 0. The van der Waals surface area contributed by atoms with Crippen molar-refractivity contribution in [3.05, 3.63) is 64.1 Å². The van der Waals surface area contributed by atoms with E-state index >= 15 is 0 Å². The number of ether oxygens (including phenoxy) is 1. The maximum Gasteiger partial charge on any atom is 0.201 e. The molecule has 0 fully saturated rings. The number of hydrogen-bond donors (Lipinski definition) is 0. The van der Waals surface area contributed by atoms with E-state index in [0.717, 1.165) is 5.56 Å². The van der Waals surface area contributed by atoms with Crippen molar-refractivity contribution in [2.45, 2.75) is 6.61 Å². The second-order valence-corrected chi connectivity index (χ2v) is 4.30. The van der Waals surface area contributed by atoms with Gasteiger partial charge in [0.2, 0.25) is 5.82 Å². The molecule has 0 unspecified atom stereocenters. The van der Waals surface area contributed by atoms with Gasteiger partial charge in [-0.25, -0.2) is 4.39 Å². The molecule has 0 bridgehead atoms. The Bertz CT molecular complexity index is 514. The van der Waals surface area contributed by atoms with E-state index in [2.05, 4.69) is 15.9 Å². The SMILES string of the molecule is Fc1c(Br)ccc(OCc2ccccc2)c1F. The molecule has 0 aliphatic rings. The van der Waals surface area contributed by atoms with Crippen molar-refractivity contribution < 1.29 is 13.5 Å². The van der Waals surface area contributed by atoms with Crippen LogP contribution in [-0.2, 0) is 6.61 Å². The average Bonchev–Trinajstić information content (AvgIpc) is 2.36. The zero-order valence-electron chi connectivity index (χ0n) is 8.79. The van der Waals surface area contributed by atoms with Crippen molar-refractivity contribution in [2.24, 2.45) is 0 Å². The van der Waals surface area contributed by atoms with Crippen LogP contribution in [0.3, 0.4) is 0 Å². The Labute approximate surface area is 106 Å². The molecule has 0 saturated heterocycles. The highest BCUT2D eigenvalue weighted by Gasteiger charge is 2.12. The summed E-state index contributed by atoms with van der Waals surface area (Å²) in [6.45, 7) is 0.207. The van der Waals surface area contributed by atoms with Gasteiger partial charge in [0.25, 0.3) is 0 Å². The molecular weight excluding hydrogens is 290 g/mol. The molecule has 0 aliphatic carbocycles. The summed E-state index contributed by atoms with van der Waals surface area (Å²) in [6, 6.07) is 12.1. The van der Waals surface area contributed by atoms with E-state index < -0.39 is 11.6 Å². The number of benzene rings is 2. The average molecular weight is 299 g/mol. The van der Waals surface area contributed by atoms with E-state index in [9.17, 15) is 8.78 Å². The standard InChI is InChI=1S/C13H9BrF2O/c14-10-6-7-11(13(16)12(10)15)17-8-9-4-2-1-3-5-9/h1-7H,8H2. The van der Waals surface area contributed by atoms with E-state index in [4.69, 9.17) is 4.74 Å². The van der Waals surface area contributed by atoms with Crippen LogP contribution in [0.5, 0.6) is 5.75 Å². The lowest BCUT2D eigenvalue weighted by molar-refractivity contribution is 0.284. The fraction of sp³-hybridized carbons (Fsp3) is 0.0769. The minimum atomic E-state index is -0.977. The van der Waals surface area contributed by atoms with Crippen molar-refractivity contribution in [1.82, 2.24) is 0 Å². The summed E-state index contributed by atoms with van der Waals surface area (Å²) in [5, 5.41) is 0. The molecule has 0 aromatic heterocycles. The predicted molar refractivity (Wildman–Crippen MR) is 64.8 cm³/mol. The lowest BCUT2D eigenvalue weighted by atomic mass is 10.2. The van der Waals surface area contributed by atoms with E-state index in [1.165, 1.54) is 12.1 Å². The number of rotatable bonds is 3. The van der Waals surface area contributed by atoms with Gasteiger partial charge in [-0.15, -0.1) is 0 Å². The lowest BCUT2D eigenvalue weighted by Gasteiger charge is -2.08. The summed E-state index contributed by atoms with van der Waals surface area (Å²) in [5.41, 5.74) is 0.898. The molecular formula is C13H9BrF2O. The van der Waals surface area contributed by atoms with Crippen molar-refractivity contribution in [3.8, 4) is 5.75 Å². The first-order chi connectivity index (χ1) is 8.18. The summed E-state index contributed by atoms with van der Waals surface area (Å²) < 4.78 is 32.0. The molecule has 0 radical (unpaired) electrons. The maximum absolute atomic E-state index is 13.4. The van der Waals surface area contributed by atoms with Gasteiger partial charge in [0.15, 0.2) is 11.6 Å². The number of halogens is 3. The van der Waals surface area contributed by atoms with Crippen LogP contribution in [0.15, 0.2) is 46.9 Å². The largest absolute Gasteiger partial charge is 0.486 e. The number of hydrogen-bond acceptors (Lipinski definition) is 1. The zero-order valence-corrected chi connectivity index (χ0v) is 10.4. The van der Waals surface area contributed by atoms with E-state index in [-0.39, 0.29) is 16.8 Å². The van der Waals surface area contributed by atoms with Gasteiger partial charge in [0.1, 0.15) is 6.61 Å². The molecule has 0 heterocycles. The minimum absolute atomic E-state index is 0.0852. The van der Waals surface area contributed by atoms with Crippen LogP contribution in [0.1, 0.15) is 5.56 Å². The van der Waals surface area contributed by atoms with E-state index in [1.807, 2.05) is 30.3 Å². The Morgan fingerprint density at radius 1 is 0.941 bits per heavy atom. The molecule has 2 aromatic carbocycles. The molecule has 0 amide bonds. The minimum Gasteiger partial charge on any atom is -0.486 e. The Balaban J connectivity index is 2.13. The molecule has 88 valence electrons. The molecule has 4 heteroatoms. The van der Waals surface area contributed by atoms with E-state index in [0.29, 0.717) is 0 Å². The van der Waals surface area contributed by atoms with Crippen LogP contribution in [0, 0.1) is 11.6 Å². The maximum atomic E-state index is 13.4. The summed E-state index contributed by atoms with van der Waals surface area (Å²) in [5.74, 6) is -2.00.